The van der Waals surface area contributed by atoms with Crippen molar-refractivity contribution in [3.05, 3.63) is 70.2 Å². The van der Waals surface area contributed by atoms with Gasteiger partial charge in [-0.1, -0.05) is 12.1 Å². The maximum Gasteiger partial charge on any atom is 0.390 e. The normalized spacial score (nSPS) is 11.9. The van der Waals surface area contributed by atoms with E-state index in [0.717, 1.165) is 5.56 Å². The van der Waals surface area contributed by atoms with Crippen molar-refractivity contribution in [3.63, 3.8) is 0 Å². The third-order valence-electron chi connectivity index (χ3n) is 5.17. The van der Waals surface area contributed by atoms with Crippen molar-refractivity contribution in [1.29, 1.82) is 0 Å². The van der Waals surface area contributed by atoms with Crippen molar-refractivity contribution < 1.29 is 19.2 Å². The smallest absolute Gasteiger partial charge is 0.390 e. The van der Waals surface area contributed by atoms with Gasteiger partial charge in [0.1, 0.15) is 11.6 Å². The number of hydrogen-bond donors (Lipinski definition) is 1. The molecule has 34 heavy (non-hydrogen) atoms. The number of carbonyl (C=O) groups excluding carboxylic acids is 2. The van der Waals surface area contributed by atoms with E-state index in [-0.39, 0.29) is 23.9 Å². The number of nitrogens with zero attached hydrogens (tertiary/aromatic N) is 6. The Hall–Kier alpha value is -4.61. The van der Waals surface area contributed by atoms with Crippen LogP contribution < -0.4 is 5.32 Å². The summed E-state index contributed by atoms with van der Waals surface area (Å²) in [7, 11) is 0. The number of carbonyl (C=O) groups is 2. The van der Waals surface area contributed by atoms with E-state index in [4.69, 9.17) is 4.74 Å². The average Bonchev–Trinajstić information content (AvgIpc) is 3.42. The quantitative estimate of drug-likeness (QED) is 0.250. The zero-order chi connectivity index (χ0) is 24.4. The summed E-state index contributed by atoms with van der Waals surface area (Å²) in [4.78, 5) is 39.6. The minimum atomic E-state index is -0.775. The number of ether oxygens (including phenoxy) is 1. The standard InChI is InChI=1S/C22H21N7O5/c1-4-34-22(31)17-12-24-28-18(8-9-23-20(17)28)15-6-5-7-16(11-15)25-21(30)14(3)27-13(2)10-19(26-27)29(32)33/h5-12,14H,4H2,1-3H3,(H,25,30). The Bertz CT molecular complexity index is 1410. The minimum absolute atomic E-state index is 0.238. The van der Waals surface area contributed by atoms with Crippen LogP contribution in [0.4, 0.5) is 11.5 Å². The van der Waals surface area contributed by atoms with Gasteiger partial charge in [-0.05, 0) is 43.9 Å². The number of aromatic nitrogens is 5. The Morgan fingerprint density at radius 1 is 1.26 bits per heavy atom. The number of nitro groups is 1. The molecule has 0 saturated heterocycles. The summed E-state index contributed by atoms with van der Waals surface area (Å²) >= 11 is 0. The van der Waals surface area contributed by atoms with Crippen LogP contribution in [0.1, 0.15) is 35.9 Å². The molecule has 0 spiro atoms. The van der Waals surface area contributed by atoms with Gasteiger partial charge in [-0.25, -0.2) is 14.3 Å². The number of amides is 1. The van der Waals surface area contributed by atoms with Gasteiger partial charge in [-0.3, -0.25) is 4.79 Å². The monoisotopic (exact) mass is 463 g/mol. The van der Waals surface area contributed by atoms with Gasteiger partial charge in [-0.15, -0.1) is 0 Å². The number of fused-ring (bicyclic) bond motifs is 1. The van der Waals surface area contributed by atoms with E-state index in [9.17, 15) is 19.7 Å². The molecule has 4 rings (SSSR count). The molecule has 0 bridgehead atoms. The fourth-order valence-corrected chi connectivity index (χ4v) is 3.53. The number of nitrogens with one attached hydrogen (secondary N) is 1. The summed E-state index contributed by atoms with van der Waals surface area (Å²) in [5, 5.41) is 22.0. The molecule has 0 aliphatic heterocycles. The molecule has 1 aromatic carbocycles. The first kappa shape index (κ1) is 22.6. The first-order valence-corrected chi connectivity index (χ1v) is 10.4. The lowest BCUT2D eigenvalue weighted by atomic mass is 10.1. The average molecular weight is 463 g/mol. The van der Waals surface area contributed by atoms with Crippen LogP contribution in [0.2, 0.25) is 0 Å². The Morgan fingerprint density at radius 3 is 2.76 bits per heavy atom. The molecule has 0 aliphatic rings. The second kappa shape index (κ2) is 9.10. The fraction of sp³-hybridized carbons (Fsp3) is 0.227. The second-order valence-electron chi connectivity index (χ2n) is 7.44. The number of rotatable bonds is 7. The van der Waals surface area contributed by atoms with E-state index in [1.54, 1.807) is 51.2 Å². The molecule has 1 amide bonds. The summed E-state index contributed by atoms with van der Waals surface area (Å²) in [6.07, 6.45) is 2.97. The lowest BCUT2D eigenvalue weighted by molar-refractivity contribution is -0.389. The summed E-state index contributed by atoms with van der Waals surface area (Å²) in [6, 6.07) is 9.35. The summed E-state index contributed by atoms with van der Waals surface area (Å²) in [6.45, 7) is 5.21. The topological polar surface area (TPSA) is 147 Å². The van der Waals surface area contributed by atoms with Gasteiger partial charge < -0.3 is 20.2 Å². The first-order valence-electron chi connectivity index (χ1n) is 10.4. The van der Waals surface area contributed by atoms with Crippen molar-refractivity contribution in [3.8, 4) is 11.3 Å². The molecule has 12 heteroatoms. The second-order valence-corrected chi connectivity index (χ2v) is 7.44. The van der Waals surface area contributed by atoms with Crippen LogP contribution in [-0.4, -0.2) is 47.8 Å². The van der Waals surface area contributed by atoms with Crippen LogP contribution in [0.5, 0.6) is 0 Å². The Labute approximate surface area is 193 Å². The van der Waals surface area contributed by atoms with E-state index in [0.29, 0.717) is 22.7 Å². The third-order valence-corrected chi connectivity index (χ3v) is 5.17. The van der Waals surface area contributed by atoms with Gasteiger partial charge in [0.2, 0.25) is 0 Å². The number of esters is 1. The molecule has 0 aliphatic carbocycles. The highest BCUT2D eigenvalue weighted by molar-refractivity contribution is 5.96. The maximum atomic E-state index is 12.8. The third kappa shape index (κ3) is 4.20. The molecule has 1 atom stereocenters. The van der Waals surface area contributed by atoms with Crippen molar-refractivity contribution >= 4 is 29.0 Å². The highest BCUT2D eigenvalue weighted by Crippen LogP contribution is 2.25. The molecule has 1 unspecified atom stereocenters. The molecule has 0 fully saturated rings. The maximum absolute atomic E-state index is 12.8. The summed E-state index contributed by atoms with van der Waals surface area (Å²) in [5.74, 6) is -1.21. The molecule has 1 N–H and O–H groups in total. The van der Waals surface area contributed by atoms with Gasteiger partial charge in [0.05, 0.1) is 35.4 Å². The molecular weight excluding hydrogens is 442 g/mol. The van der Waals surface area contributed by atoms with Crippen molar-refractivity contribution in [2.45, 2.75) is 26.8 Å². The van der Waals surface area contributed by atoms with Gasteiger partial charge in [0.25, 0.3) is 5.91 Å². The van der Waals surface area contributed by atoms with Crippen LogP contribution in [-0.2, 0) is 9.53 Å². The van der Waals surface area contributed by atoms with Gasteiger partial charge >= 0.3 is 11.8 Å². The zero-order valence-corrected chi connectivity index (χ0v) is 18.6. The van der Waals surface area contributed by atoms with Crippen molar-refractivity contribution in [2.75, 3.05) is 11.9 Å². The van der Waals surface area contributed by atoms with Crippen molar-refractivity contribution in [1.82, 2.24) is 24.4 Å². The molecule has 0 radical (unpaired) electrons. The summed E-state index contributed by atoms with van der Waals surface area (Å²) in [5.41, 5.74) is 3.00. The van der Waals surface area contributed by atoms with E-state index < -0.39 is 16.9 Å². The number of benzene rings is 1. The zero-order valence-electron chi connectivity index (χ0n) is 18.6. The van der Waals surface area contributed by atoms with E-state index >= 15 is 0 Å². The first-order chi connectivity index (χ1) is 16.3. The van der Waals surface area contributed by atoms with Crippen LogP contribution in [0, 0.1) is 17.0 Å². The molecular formula is C22H21N7O5. The van der Waals surface area contributed by atoms with Crippen LogP contribution >= 0.6 is 0 Å². The van der Waals surface area contributed by atoms with E-state index in [1.165, 1.54) is 21.5 Å². The van der Waals surface area contributed by atoms with Crippen LogP contribution in [0.15, 0.2) is 48.8 Å². The number of anilines is 1. The van der Waals surface area contributed by atoms with Crippen LogP contribution in [0.25, 0.3) is 16.9 Å². The Kier molecular flexibility index (Phi) is 6.04. The number of aryl methyl sites for hydroxylation is 1. The molecule has 0 saturated carbocycles. The highest BCUT2D eigenvalue weighted by Gasteiger charge is 2.25. The molecule has 3 heterocycles. The minimum Gasteiger partial charge on any atom is -0.462 e. The lowest BCUT2D eigenvalue weighted by Crippen LogP contribution is -2.25. The highest BCUT2D eigenvalue weighted by atomic mass is 16.6. The summed E-state index contributed by atoms with van der Waals surface area (Å²) < 4.78 is 7.90. The predicted molar refractivity (Wildman–Crippen MR) is 121 cm³/mol. The number of hydrogen-bond acceptors (Lipinski definition) is 8. The van der Waals surface area contributed by atoms with Gasteiger partial charge in [0, 0.05) is 17.4 Å². The van der Waals surface area contributed by atoms with E-state index in [2.05, 4.69) is 20.5 Å². The van der Waals surface area contributed by atoms with Crippen LogP contribution in [0.3, 0.4) is 0 Å². The largest absolute Gasteiger partial charge is 0.462 e. The molecule has 12 nitrogen and oxygen atoms in total. The SMILES string of the molecule is CCOC(=O)c1cnn2c(-c3cccc(NC(=O)C(C)n4nc([N+](=O)[O-])cc4C)c3)ccnc12. The van der Waals surface area contributed by atoms with Crippen molar-refractivity contribution in [2.24, 2.45) is 0 Å². The Balaban J connectivity index is 1.60. The molecule has 3 aromatic heterocycles. The van der Waals surface area contributed by atoms with Gasteiger partial charge in [-0.2, -0.15) is 9.78 Å². The fourth-order valence-electron chi connectivity index (χ4n) is 3.53. The molecule has 4 aromatic rings. The van der Waals surface area contributed by atoms with Gasteiger partial charge in [0.15, 0.2) is 5.65 Å². The molecule has 174 valence electrons. The Morgan fingerprint density at radius 2 is 2.06 bits per heavy atom. The van der Waals surface area contributed by atoms with E-state index in [1.807, 2.05) is 6.07 Å². The predicted octanol–water partition coefficient (Wildman–Crippen LogP) is 3.19. The lowest BCUT2D eigenvalue weighted by Gasteiger charge is -2.13.